The number of nitrogens with zero attached hydrogens (tertiary/aromatic N) is 1. The first-order chi connectivity index (χ1) is 8.08. The van der Waals surface area contributed by atoms with E-state index < -0.39 is 0 Å². The van der Waals surface area contributed by atoms with Gasteiger partial charge in [0.05, 0.1) is 12.2 Å². The monoisotopic (exact) mass is 240 g/mol. The van der Waals surface area contributed by atoms with Crippen LogP contribution < -0.4 is 5.73 Å². The van der Waals surface area contributed by atoms with Crippen LogP contribution in [0.5, 0.6) is 0 Å². The van der Waals surface area contributed by atoms with E-state index in [0.717, 1.165) is 31.0 Å². The molecule has 0 aromatic heterocycles. The van der Waals surface area contributed by atoms with Crippen LogP contribution in [0.4, 0.5) is 0 Å². The van der Waals surface area contributed by atoms with E-state index >= 15 is 0 Å². The Bertz CT molecular complexity index is 236. The van der Waals surface area contributed by atoms with Crippen LogP contribution >= 0.6 is 0 Å². The van der Waals surface area contributed by atoms with Gasteiger partial charge in [0.2, 0.25) is 0 Å². The van der Waals surface area contributed by atoms with Gasteiger partial charge in [-0.1, -0.05) is 13.8 Å². The van der Waals surface area contributed by atoms with Crippen molar-refractivity contribution in [3.8, 4) is 0 Å². The first-order valence-corrected chi connectivity index (χ1v) is 7.18. The minimum Gasteiger partial charge on any atom is -0.371 e. The van der Waals surface area contributed by atoms with Crippen LogP contribution in [-0.2, 0) is 4.74 Å². The fourth-order valence-corrected chi connectivity index (χ4v) is 3.71. The molecule has 0 radical (unpaired) electrons. The van der Waals surface area contributed by atoms with Crippen LogP contribution in [0.1, 0.15) is 40.0 Å². The fourth-order valence-electron chi connectivity index (χ4n) is 3.71. The predicted molar refractivity (Wildman–Crippen MR) is 70.9 cm³/mol. The number of nitrogens with two attached hydrogens (primary N) is 1. The summed E-state index contributed by atoms with van der Waals surface area (Å²) in [5.74, 6) is 1.75. The Balaban J connectivity index is 1.95. The Morgan fingerprint density at radius 2 is 1.71 bits per heavy atom. The highest BCUT2D eigenvalue weighted by molar-refractivity contribution is 4.86. The molecule has 2 fully saturated rings. The third kappa shape index (κ3) is 3.43. The van der Waals surface area contributed by atoms with E-state index in [1.165, 1.54) is 19.3 Å². The van der Waals surface area contributed by atoms with E-state index in [9.17, 15) is 0 Å². The van der Waals surface area contributed by atoms with Gasteiger partial charge < -0.3 is 10.5 Å². The molecule has 4 atom stereocenters. The van der Waals surface area contributed by atoms with Gasteiger partial charge in [-0.3, -0.25) is 4.90 Å². The molecule has 100 valence electrons. The van der Waals surface area contributed by atoms with Crippen LogP contribution in [0.15, 0.2) is 0 Å². The van der Waals surface area contributed by atoms with Crippen LogP contribution in [0, 0.1) is 11.8 Å². The highest BCUT2D eigenvalue weighted by atomic mass is 16.5. The summed E-state index contributed by atoms with van der Waals surface area (Å²) < 4.78 is 5.84. The Labute approximate surface area is 106 Å². The molecule has 0 aromatic carbocycles. The second-order valence-electron chi connectivity index (χ2n) is 6.33. The van der Waals surface area contributed by atoms with Gasteiger partial charge in [-0.25, -0.2) is 0 Å². The third-order valence-electron chi connectivity index (χ3n) is 4.29. The van der Waals surface area contributed by atoms with Crippen LogP contribution in [-0.4, -0.2) is 42.8 Å². The van der Waals surface area contributed by atoms with E-state index in [0.29, 0.717) is 12.6 Å². The number of morpholine rings is 1. The molecule has 1 saturated carbocycles. The first-order valence-electron chi connectivity index (χ1n) is 7.18. The molecule has 0 aromatic rings. The van der Waals surface area contributed by atoms with Gasteiger partial charge in [0, 0.05) is 25.7 Å². The number of hydrogen-bond acceptors (Lipinski definition) is 3. The van der Waals surface area contributed by atoms with Crippen molar-refractivity contribution in [2.24, 2.45) is 17.6 Å². The van der Waals surface area contributed by atoms with Gasteiger partial charge in [-0.15, -0.1) is 0 Å². The number of ether oxygens (including phenoxy) is 1. The van der Waals surface area contributed by atoms with Gasteiger partial charge in [0.25, 0.3) is 0 Å². The Morgan fingerprint density at radius 3 is 2.29 bits per heavy atom. The van der Waals surface area contributed by atoms with Crippen LogP contribution in [0.2, 0.25) is 0 Å². The topological polar surface area (TPSA) is 38.5 Å². The first kappa shape index (κ1) is 13.3. The lowest BCUT2D eigenvalue weighted by atomic mass is 9.79. The minimum atomic E-state index is 0.242. The van der Waals surface area contributed by atoms with Crippen LogP contribution in [0.3, 0.4) is 0 Å². The van der Waals surface area contributed by atoms with Crippen molar-refractivity contribution in [1.29, 1.82) is 0 Å². The van der Waals surface area contributed by atoms with Crippen LogP contribution in [0.25, 0.3) is 0 Å². The van der Waals surface area contributed by atoms with E-state index in [-0.39, 0.29) is 6.10 Å². The van der Waals surface area contributed by atoms with Crippen molar-refractivity contribution < 1.29 is 4.74 Å². The summed E-state index contributed by atoms with van der Waals surface area (Å²) in [5.41, 5.74) is 5.76. The summed E-state index contributed by atoms with van der Waals surface area (Å²) >= 11 is 0. The smallest absolute Gasteiger partial charge is 0.0828 e. The van der Waals surface area contributed by atoms with Crippen molar-refractivity contribution in [2.75, 3.05) is 19.6 Å². The summed E-state index contributed by atoms with van der Waals surface area (Å²) in [4.78, 5) is 2.64. The van der Waals surface area contributed by atoms with E-state index in [4.69, 9.17) is 10.5 Å². The lowest BCUT2D eigenvalue weighted by Gasteiger charge is -2.44. The summed E-state index contributed by atoms with van der Waals surface area (Å²) in [7, 11) is 0. The summed E-state index contributed by atoms with van der Waals surface area (Å²) in [5, 5.41) is 0. The molecule has 3 nitrogen and oxygen atoms in total. The molecule has 4 unspecified atom stereocenters. The lowest BCUT2D eigenvalue weighted by Crippen LogP contribution is -2.54. The molecular weight excluding hydrogens is 212 g/mol. The van der Waals surface area contributed by atoms with E-state index in [2.05, 4.69) is 25.7 Å². The maximum atomic E-state index is 5.84. The molecule has 1 heterocycles. The largest absolute Gasteiger partial charge is 0.371 e. The summed E-state index contributed by atoms with van der Waals surface area (Å²) in [6.07, 6.45) is 4.69. The molecule has 17 heavy (non-hydrogen) atoms. The molecule has 0 spiro atoms. The molecular formula is C14H28N2O. The molecule has 1 aliphatic heterocycles. The molecule has 2 aliphatic rings. The maximum absolute atomic E-state index is 5.84. The number of rotatable bonds is 2. The minimum absolute atomic E-state index is 0.242. The molecule has 0 amide bonds. The predicted octanol–water partition coefficient (Wildman–Crippen LogP) is 1.86. The third-order valence-corrected chi connectivity index (χ3v) is 4.29. The Kier molecular flexibility index (Phi) is 4.45. The molecule has 1 saturated heterocycles. The van der Waals surface area contributed by atoms with E-state index in [1.54, 1.807) is 0 Å². The normalized spacial score (nSPS) is 44.8. The van der Waals surface area contributed by atoms with Gasteiger partial charge in [0.1, 0.15) is 0 Å². The number of hydrogen-bond donors (Lipinski definition) is 1. The quantitative estimate of drug-likeness (QED) is 0.800. The molecule has 3 heteroatoms. The highest BCUT2D eigenvalue weighted by Gasteiger charge is 2.33. The Hall–Kier alpha value is -0.120. The average molecular weight is 240 g/mol. The molecule has 2 rings (SSSR count). The van der Waals surface area contributed by atoms with Crippen molar-refractivity contribution in [3.63, 3.8) is 0 Å². The highest BCUT2D eigenvalue weighted by Crippen LogP contribution is 2.32. The summed E-state index contributed by atoms with van der Waals surface area (Å²) in [6.45, 7) is 9.73. The maximum Gasteiger partial charge on any atom is 0.0828 e. The summed E-state index contributed by atoms with van der Waals surface area (Å²) in [6, 6.07) is 0.758. The fraction of sp³-hybridized carbons (Fsp3) is 1.00. The van der Waals surface area contributed by atoms with Crippen molar-refractivity contribution >= 4 is 0 Å². The molecule has 1 aliphatic carbocycles. The average Bonchev–Trinajstić information content (AvgIpc) is 2.26. The SMILES string of the molecule is CC1CC(C)CC(N2CC(C)OC(CN)C2)C1. The van der Waals surface area contributed by atoms with Gasteiger partial charge >= 0.3 is 0 Å². The Morgan fingerprint density at radius 1 is 1.06 bits per heavy atom. The zero-order valence-corrected chi connectivity index (χ0v) is 11.6. The van der Waals surface area contributed by atoms with Crippen molar-refractivity contribution in [2.45, 2.75) is 58.3 Å². The van der Waals surface area contributed by atoms with Gasteiger partial charge in [-0.2, -0.15) is 0 Å². The van der Waals surface area contributed by atoms with Crippen molar-refractivity contribution in [1.82, 2.24) is 4.90 Å². The second kappa shape index (κ2) is 5.68. The molecule has 2 N–H and O–H groups in total. The standard InChI is InChI=1S/C14H28N2O/c1-10-4-11(2)6-13(5-10)16-8-12(3)17-14(7-15)9-16/h10-14H,4-9,15H2,1-3H3. The van der Waals surface area contributed by atoms with Gasteiger partial charge in [-0.05, 0) is 38.0 Å². The lowest BCUT2D eigenvalue weighted by molar-refractivity contribution is -0.0916. The molecule has 0 bridgehead atoms. The zero-order valence-electron chi connectivity index (χ0n) is 11.6. The van der Waals surface area contributed by atoms with Crippen molar-refractivity contribution in [3.05, 3.63) is 0 Å². The second-order valence-corrected chi connectivity index (χ2v) is 6.33. The van der Waals surface area contributed by atoms with Gasteiger partial charge in [0.15, 0.2) is 0 Å². The zero-order chi connectivity index (χ0) is 12.4. The van der Waals surface area contributed by atoms with E-state index in [1.807, 2.05) is 0 Å².